The molecule has 0 nitrogen and oxygen atoms in total. The fourth-order valence-electron chi connectivity index (χ4n) is 2.38. The molecule has 64 valence electrons. The van der Waals surface area contributed by atoms with Crippen LogP contribution in [0.1, 0.15) is 47.5 Å². The van der Waals surface area contributed by atoms with Crippen LogP contribution in [-0.4, -0.2) is 0 Å². The molecular weight excluding hydrogens is 132 g/mol. The van der Waals surface area contributed by atoms with Crippen molar-refractivity contribution in [2.75, 3.05) is 0 Å². The van der Waals surface area contributed by atoms with Crippen LogP contribution >= 0.6 is 0 Å². The molecule has 1 saturated carbocycles. The minimum atomic E-state index is 0.508. The van der Waals surface area contributed by atoms with Gasteiger partial charge in [0.2, 0.25) is 0 Å². The van der Waals surface area contributed by atoms with Gasteiger partial charge in [-0.05, 0) is 31.6 Å². The lowest BCUT2D eigenvalue weighted by Gasteiger charge is -2.48. The van der Waals surface area contributed by atoms with Crippen LogP contribution in [0.5, 0.6) is 0 Å². The molecule has 0 spiro atoms. The molecule has 0 saturated heterocycles. The summed E-state index contributed by atoms with van der Waals surface area (Å²) in [6.07, 6.45) is 2.69. The van der Waals surface area contributed by atoms with E-state index in [1.807, 2.05) is 0 Å². The Hall–Kier alpha value is -0.260. The number of allylic oxidation sites excluding steroid dienone is 2. The molecule has 1 atom stereocenters. The maximum Gasteiger partial charge on any atom is -0.0111 e. The zero-order valence-electron chi connectivity index (χ0n) is 8.49. The van der Waals surface area contributed by atoms with Crippen LogP contribution in [0.4, 0.5) is 0 Å². The third-order valence-electron chi connectivity index (χ3n) is 3.35. The molecule has 0 aromatic carbocycles. The third kappa shape index (κ3) is 1.23. The molecular formula is C11H20. The Labute approximate surface area is 70.7 Å². The molecule has 0 amide bonds. The van der Waals surface area contributed by atoms with Crippen molar-refractivity contribution in [3.63, 3.8) is 0 Å². The van der Waals surface area contributed by atoms with Crippen LogP contribution < -0.4 is 0 Å². The normalized spacial score (nSPS) is 28.1. The summed E-state index contributed by atoms with van der Waals surface area (Å²) in [6.45, 7) is 11.5. The van der Waals surface area contributed by atoms with E-state index in [-0.39, 0.29) is 0 Å². The summed E-state index contributed by atoms with van der Waals surface area (Å²) in [4.78, 5) is 0. The first-order valence-electron chi connectivity index (χ1n) is 4.67. The van der Waals surface area contributed by atoms with Gasteiger partial charge in [-0.15, -0.1) is 0 Å². The number of hydrogen-bond acceptors (Lipinski definition) is 0. The first-order chi connectivity index (χ1) is 5.00. The Balaban J connectivity index is 2.77. The zero-order valence-corrected chi connectivity index (χ0v) is 8.49. The highest BCUT2D eigenvalue weighted by Gasteiger charge is 2.42. The van der Waals surface area contributed by atoms with Crippen molar-refractivity contribution in [3.05, 3.63) is 11.1 Å². The predicted molar refractivity (Wildman–Crippen MR) is 50.6 cm³/mol. The molecule has 0 N–H and O–H groups in total. The van der Waals surface area contributed by atoms with Crippen molar-refractivity contribution in [1.82, 2.24) is 0 Å². The highest BCUT2D eigenvalue weighted by molar-refractivity contribution is 5.27. The van der Waals surface area contributed by atoms with Crippen LogP contribution in [0, 0.1) is 11.3 Å². The summed E-state index contributed by atoms with van der Waals surface area (Å²) in [5, 5.41) is 0. The van der Waals surface area contributed by atoms with Crippen LogP contribution in [0.3, 0.4) is 0 Å². The molecule has 1 aliphatic carbocycles. The molecule has 11 heavy (non-hydrogen) atoms. The molecule has 0 aromatic rings. The lowest BCUT2D eigenvalue weighted by atomic mass is 9.57. The van der Waals surface area contributed by atoms with Crippen LogP contribution in [0.2, 0.25) is 0 Å². The van der Waals surface area contributed by atoms with Gasteiger partial charge in [-0.3, -0.25) is 0 Å². The zero-order chi connectivity index (χ0) is 8.65. The molecule has 0 heterocycles. The smallest absolute Gasteiger partial charge is 0.0111 e. The first-order valence-corrected chi connectivity index (χ1v) is 4.67. The van der Waals surface area contributed by atoms with Gasteiger partial charge in [-0.25, -0.2) is 0 Å². The van der Waals surface area contributed by atoms with Crippen molar-refractivity contribution < 1.29 is 0 Å². The number of rotatable bonds is 1. The van der Waals surface area contributed by atoms with Crippen molar-refractivity contribution in [1.29, 1.82) is 0 Å². The fraction of sp³-hybridized carbons (Fsp3) is 0.818. The lowest BCUT2D eigenvalue weighted by Crippen LogP contribution is -2.37. The minimum absolute atomic E-state index is 0.508. The summed E-state index contributed by atoms with van der Waals surface area (Å²) in [5.41, 5.74) is 3.75. The van der Waals surface area contributed by atoms with Gasteiger partial charge in [0.25, 0.3) is 0 Å². The van der Waals surface area contributed by atoms with E-state index in [0.29, 0.717) is 5.41 Å². The third-order valence-corrected chi connectivity index (χ3v) is 3.35. The second-order valence-electron chi connectivity index (χ2n) is 4.51. The van der Waals surface area contributed by atoms with Gasteiger partial charge in [0.05, 0.1) is 0 Å². The van der Waals surface area contributed by atoms with Crippen molar-refractivity contribution >= 4 is 0 Å². The average molecular weight is 152 g/mol. The molecule has 0 heteroatoms. The maximum atomic E-state index is 2.38. The lowest BCUT2D eigenvalue weighted by molar-refractivity contribution is 0.158. The van der Waals surface area contributed by atoms with E-state index in [9.17, 15) is 0 Å². The van der Waals surface area contributed by atoms with Crippen molar-refractivity contribution in [2.45, 2.75) is 47.5 Å². The van der Waals surface area contributed by atoms with Gasteiger partial charge in [-0.2, -0.15) is 0 Å². The Bertz CT molecular complexity index is 180. The van der Waals surface area contributed by atoms with E-state index in [2.05, 4.69) is 34.6 Å². The highest BCUT2D eigenvalue weighted by Crippen LogP contribution is 2.53. The largest absolute Gasteiger partial charge is 0.0767 e. The Morgan fingerprint density at radius 1 is 1.45 bits per heavy atom. The summed E-state index contributed by atoms with van der Waals surface area (Å²) < 4.78 is 0. The van der Waals surface area contributed by atoms with E-state index in [0.717, 1.165) is 5.92 Å². The number of hydrogen-bond donors (Lipinski definition) is 0. The van der Waals surface area contributed by atoms with Gasteiger partial charge >= 0.3 is 0 Å². The second kappa shape index (κ2) is 2.66. The van der Waals surface area contributed by atoms with Gasteiger partial charge in [0.15, 0.2) is 0 Å². The first kappa shape index (κ1) is 8.83. The standard InChI is InChI=1S/C11H20/c1-6-9-7-10(8(2)3)11(9,4)5/h9H,6-7H2,1-5H3. The predicted octanol–water partition coefficient (Wildman–Crippen LogP) is 3.78. The van der Waals surface area contributed by atoms with E-state index in [1.54, 1.807) is 11.1 Å². The van der Waals surface area contributed by atoms with Crippen LogP contribution in [0.15, 0.2) is 11.1 Å². The SMILES string of the molecule is CCC1CC(=C(C)C)C1(C)C. The summed E-state index contributed by atoms with van der Waals surface area (Å²) in [6, 6.07) is 0. The summed E-state index contributed by atoms with van der Waals surface area (Å²) in [7, 11) is 0. The maximum absolute atomic E-state index is 2.38. The quantitative estimate of drug-likeness (QED) is 0.502. The van der Waals surface area contributed by atoms with Gasteiger partial charge in [-0.1, -0.05) is 38.3 Å². The van der Waals surface area contributed by atoms with Crippen LogP contribution in [-0.2, 0) is 0 Å². The van der Waals surface area contributed by atoms with Gasteiger partial charge < -0.3 is 0 Å². The molecule has 0 aromatic heterocycles. The van der Waals surface area contributed by atoms with E-state index in [1.165, 1.54) is 12.8 Å². The van der Waals surface area contributed by atoms with Crippen molar-refractivity contribution in [2.24, 2.45) is 11.3 Å². The Kier molecular flexibility index (Phi) is 2.13. The van der Waals surface area contributed by atoms with E-state index >= 15 is 0 Å². The molecule has 0 aliphatic heterocycles. The monoisotopic (exact) mass is 152 g/mol. The Morgan fingerprint density at radius 2 is 2.00 bits per heavy atom. The van der Waals surface area contributed by atoms with E-state index in [4.69, 9.17) is 0 Å². The van der Waals surface area contributed by atoms with Crippen molar-refractivity contribution in [3.8, 4) is 0 Å². The molecule has 1 unspecified atom stereocenters. The van der Waals surface area contributed by atoms with Gasteiger partial charge in [0, 0.05) is 0 Å². The molecule has 1 fully saturated rings. The second-order valence-corrected chi connectivity index (χ2v) is 4.51. The molecule has 0 radical (unpaired) electrons. The average Bonchev–Trinajstić information content (AvgIpc) is 1.85. The molecule has 1 aliphatic rings. The summed E-state index contributed by atoms with van der Waals surface area (Å²) in [5.74, 6) is 0.937. The van der Waals surface area contributed by atoms with E-state index < -0.39 is 0 Å². The molecule has 0 bridgehead atoms. The summed E-state index contributed by atoms with van der Waals surface area (Å²) >= 11 is 0. The van der Waals surface area contributed by atoms with Gasteiger partial charge in [0.1, 0.15) is 0 Å². The topological polar surface area (TPSA) is 0 Å². The Morgan fingerprint density at radius 3 is 2.27 bits per heavy atom. The fourth-order valence-corrected chi connectivity index (χ4v) is 2.38. The molecule has 1 rings (SSSR count). The minimum Gasteiger partial charge on any atom is -0.0767 e. The highest BCUT2D eigenvalue weighted by atomic mass is 14.5. The van der Waals surface area contributed by atoms with Crippen LogP contribution in [0.25, 0.3) is 0 Å².